The highest BCUT2D eigenvalue weighted by atomic mass is 35.5. The summed E-state index contributed by atoms with van der Waals surface area (Å²) in [6.07, 6.45) is 2.88. The number of carbonyl (C=O) groups is 2. The van der Waals surface area contributed by atoms with Crippen LogP contribution in [0, 0.1) is 17.8 Å². The van der Waals surface area contributed by atoms with Crippen LogP contribution in [0.3, 0.4) is 0 Å². The minimum atomic E-state index is -0.651. The third kappa shape index (κ3) is 7.12. The Morgan fingerprint density at radius 2 is 1.85 bits per heavy atom. The fourth-order valence-corrected chi connectivity index (χ4v) is 4.67. The molecule has 0 radical (unpaired) electrons. The molecule has 2 aromatic carbocycles. The molecule has 1 aliphatic carbocycles. The number of ether oxygens (including phenoxy) is 3. The van der Waals surface area contributed by atoms with Crippen molar-refractivity contribution in [2.75, 3.05) is 6.61 Å². The molecule has 3 atom stereocenters. The van der Waals surface area contributed by atoms with E-state index in [1.165, 1.54) is 0 Å². The number of carbonyl (C=O) groups excluding carboxylic acids is 2. The predicted octanol–water partition coefficient (Wildman–Crippen LogP) is 6.73. The van der Waals surface area contributed by atoms with Crippen molar-refractivity contribution in [2.45, 2.75) is 52.7 Å². The lowest BCUT2D eigenvalue weighted by atomic mass is 9.75. The van der Waals surface area contributed by atoms with Crippen molar-refractivity contribution in [2.24, 2.45) is 17.8 Å². The average Bonchev–Trinajstić information content (AvgIpc) is 2.77. The van der Waals surface area contributed by atoms with E-state index in [9.17, 15) is 9.59 Å². The molecule has 0 bridgehead atoms. The molecule has 0 aliphatic heterocycles. The number of hydrogen-bond donors (Lipinski definition) is 0. The normalized spacial score (nSPS) is 20.4. The third-order valence-corrected chi connectivity index (χ3v) is 6.66. The topological polar surface area (TPSA) is 61.8 Å². The molecule has 33 heavy (non-hydrogen) atoms. The zero-order valence-corrected chi connectivity index (χ0v) is 20.7. The first-order valence-electron chi connectivity index (χ1n) is 11.3. The monoisotopic (exact) mass is 492 g/mol. The molecule has 0 saturated heterocycles. The lowest BCUT2D eigenvalue weighted by molar-refractivity contribution is -0.159. The van der Waals surface area contributed by atoms with Gasteiger partial charge < -0.3 is 14.2 Å². The zero-order valence-electron chi connectivity index (χ0n) is 19.2. The second-order valence-electron chi connectivity index (χ2n) is 8.95. The van der Waals surface area contributed by atoms with Crippen LogP contribution < -0.4 is 4.74 Å². The first-order valence-corrected chi connectivity index (χ1v) is 12.0. The van der Waals surface area contributed by atoms with E-state index in [0.29, 0.717) is 33.5 Å². The number of hydrogen-bond acceptors (Lipinski definition) is 5. The summed E-state index contributed by atoms with van der Waals surface area (Å²) < 4.78 is 16.8. The minimum Gasteiger partial charge on any atom is -0.488 e. The van der Waals surface area contributed by atoms with E-state index in [-0.39, 0.29) is 18.3 Å². The van der Waals surface area contributed by atoms with Crippen molar-refractivity contribution >= 4 is 35.1 Å². The van der Waals surface area contributed by atoms with Gasteiger partial charge in [0, 0.05) is 15.6 Å². The Labute approximate surface area is 205 Å². The molecule has 3 rings (SSSR count). The van der Waals surface area contributed by atoms with Crippen molar-refractivity contribution in [1.29, 1.82) is 0 Å². The maximum absolute atomic E-state index is 12.7. The summed E-state index contributed by atoms with van der Waals surface area (Å²) in [5.41, 5.74) is 0.955. The summed E-state index contributed by atoms with van der Waals surface area (Å²) in [4.78, 5) is 25.1. The SMILES string of the molecule is CC(C)[C@@H]1CC[C@@H](C)C[C@@H]1OC(=O)COC(=O)c1ccccc1OCc1ccc(Cl)cc1Cl. The van der Waals surface area contributed by atoms with Crippen LogP contribution in [0.5, 0.6) is 5.75 Å². The molecule has 7 heteroatoms. The number of para-hydroxylation sites is 1. The summed E-state index contributed by atoms with van der Waals surface area (Å²) >= 11 is 12.1. The smallest absolute Gasteiger partial charge is 0.344 e. The quantitative estimate of drug-likeness (QED) is 0.382. The largest absolute Gasteiger partial charge is 0.488 e. The highest BCUT2D eigenvalue weighted by Crippen LogP contribution is 2.35. The second-order valence-corrected chi connectivity index (χ2v) is 9.79. The number of rotatable bonds is 8. The van der Waals surface area contributed by atoms with E-state index in [1.807, 2.05) is 0 Å². The van der Waals surface area contributed by atoms with Crippen molar-refractivity contribution in [3.63, 3.8) is 0 Å². The third-order valence-electron chi connectivity index (χ3n) is 6.07. The molecule has 0 amide bonds. The Kier molecular flexibility index (Phi) is 9.04. The molecule has 0 heterocycles. The summed E-state index contributed by atoms with van der Waals surface area (Å²) in [6.45, 7) is 6.18. The first-order chi connectivity index (χ1) is 15.7. The van der Waals surface area contributed by atoms with Crippen LogP contribution in [-0.2, 0) is 20.9 Å². The first kappa shape index (κ1) is 25.4. The Bertz CT molecular complexity index is 975. The molecule has 178 valence electrons. The Morgan fingerprint density at radius 3 is 2.58 bits per heavy atom. The molecule has 5 nitrogen and oxygen atoms in total. The molecule has 0 aromatic heterocycles. The van der Waals surface area contributed by atoms with Crippen LogP contribution in [0.15, 0.2) is 42.5 Å². The van der Waals surface area contributed by atoms with E-state index in [2.05, 4.69) is 20.8 Å². The molecule has 1 aliphatic rings. The fraction of sp³-hybridized carbons (Fsp3) is 0.462. The lowest BCUT2D eigenvalue weighted by Gasteiger charge is -2.36. The molecule has 0 unspecified atom stereocenters. The zero-order chi connectivity index (χ0) is 24.0. The van der Waals surface area contributed by atoms with E-state index in [4.69, 9.17) is 37.4 Å². The molecule has 2 aromatic rings. The molecule has 1 saturated carbocycles. The van der Waals surface area contributed by atoms with Crippen molar-refractivity contribution in [3.8, 4) is 5.75 Å². The van der Waals surface area contributed by atoms with Gasteiger partial charge in [-0.1, -0.05) is 68.6 Å². The van der Waals surface area contributed by atoms with Gasteiger partial charge in [-0.25, -0.2) is 9.59 Å². The molecule has 0 spiro atoms. The van der Waals surface area contributed by atoms with E-state index < -0.39 is 18.5 Å². The van der Waals surface area contributed by atoms with Crippen LogP contribution >= 0.6 is 23.2 Å². The predicted molar refractivity (Wildman–Crippen MR) is 129 cm³/mol. The van der Waals surface area contributed by atoms with Gasteiger partial charge in [-0.05, 0) is 54.9 Å². The highest BCUT2D eigenvalue weighted by molar-refractivity contribution is 6.35. The summed E-state index contributed by atoms with van der Waals surface area (Å²) in [7, 11) is 0. The number of esters is 2. The van der Waals surface area contributed by atoms with Crippen molar-refractivity contribution in [1.82, 2.24) is 0 Å². The Hall–Kier alpha value is -2.24. The van der Waals surface area contributed by atoms with E-state index in [1.54, 1.807) is 42.5 Å². The van der Waals surface area contributed by atoms with Gasteiger partial charge in [0.15, 0.2) is 6.61 Å². The maximum atomic E-state index is 12.7. The van der Waals surface area contributed by atoms with Gasteiger partial charge in [-0.3, -0.25) is 0 Å². The summed E-state index contributed by atoms with van der Waals surface area (Å²) in [5.74, 6) is 0.425. The van der Waals surface area contributed by atoms with Gasteiger partial charge in [0.2, 0.25) is 0 Å². The number of halogens is 2. The van der Waals surface area contributed by atoms with E-state index in [0.717, 1.165) is 24.8 Å². The van der Waals surface area contributed by atoms with E-state index >= 15 is 0 Å². The van der Waals surface area contributed by atoms with Gasteiger partial charge in [0.25, 0.3) is 0 Å². The lowest BCUT2D eigenvalue weighted by Crippen LogP contribution is -2.36. The summed E-state index contributed by atoms with van der Waals surface area (Å²) in [5, 5.41) is 1.00. The van der Waals surface area contributed by atoms with Gasteiger partial charge in [0.05, 0.1) is 0 Å². The summed E-state index contributed by atoms with van der Waals surface area (Å²) in [6, 6.07) is 11.8. The molecular weight excluding hydrogens is 463 g/mol. The van der Waals surface area contributed by atoms with Gasteiger partial charge in [-0.2, -0.15) is 0 Å². The van der Waals surface area contributed by atoms with Crippen molar-refractivity contribution < 1.29 is 23.8 Å². The maximum Gasteiger partial charge on any atom is 0.344 e. The molecular formula is C26H30Cl2O5. The van der Waals surface area contributed by atoms with Gasteiger partial charge >= 0.3 is 11.9 Å². The molecule has 0 N–H and O–H groups in total. The highest BCUT2D eigenvalue weighted by Gasteiger charge is 2.33. The Morgan fingerprint density at radius 1 is 1.09 bits per heavy atom. The van der Waals surface area contributed by atoms with Crippen LogP contribution in [0.2, 0.25) is 10.0 Å². The average molecular weight is 493 g/mol. The Balaban J connectivity index is 1.57. The molecule has 1 fully saturated rings. The fourth-order valence-electron chi connectivity index (χ4n) is 4.21. The van der Waals surface area contributed by atoms with Crippen LogP contribution in [0.1, 0.15) is 56.0 Å². The standard InChI is InChI=1S/C26H30Cl2O5/c1-16(2)20-11-8-17(3)12-24(20)33-25(29)15-32-26(30)21-6-4-5-7-23(21)31-14-18-9-10-19(27)13-22(18)28/h4-7,9-10,13,16-17,20,24H,8,11-12,14-15H2,1-3H3/t17-,20+,24+/m1/s1. The van der Waals surface area contributed by atoms with Crippen molar-refractivity contribution in [3.05, 3.63) is 63.6 Å². The van der Waals surface area contributed by atoms with Gasteiger partial charge in [0.1, 0.15) is 24.0 Å². The number of benzene rings is 2. The van der Waals surface area contributed by atoms with Crippen LogP contribution in [0.25, 0.3) is 0 Å². The van der Waals surface area contributed by atoms with Gasteiger partial charge in [-0.15, -0.1) is 0 Å². The second kappa shape index (κ2) is 11.8. The minimum absolute atomic E-state index is 0.139. The van der Waals surface area contributed by atoms with Crippen LogP contribution in [0.4, 0.5) is 0 Å². The van der Waals surface area contributed by atoms with Crippen LogP contribution in [-0.4, -0.2) is 24.6 Å².